The number of alkyl halides is 2. The third-order valence-electron chi connectivity index (χ3n) is 3.53. The number of esters is 1. The molecule has 0 aliphatic carbocycles. The van der Waals surface area contributed by atoms with Crippen molar-refractivity contribution in [3.63, 3.8) is 0 Å². The molecule has 0 spiro atoms. The van der Waals surface area contributed by atoms with Crippen molar-refractivity contribution in [2.75, 3.05) is 6.61 Å². The first-order valence-electron chi connectivity index (χ1n) is 8.09. The summed E-state index contributed by atoms with van der Waals surface area (Å²) in [7, 11) is 0. The second-order valence-electron chi connectivity index (χ2n) is 5.42. The van der Waals surface area contributed by atoms with E-state index in [9.17, 15) is 28.5 Å². The highest BCUT2D eigenvalue weighted by atomic mass is 19.3. The second kappa shape index (κ2) is 9.40. The van der Waals surface area contributed by atoms with E-state index in [0.717, 1.165) is 18.2 Å². The van der Waals surface area contributed by atoms with E-state index in [1.54, 1.807) is 13.0 Å². The minimum atomic E-state index is -3.03. The monoisotopic (exact) mass is 394 g/mol. The number of rotatable bonds is 8. The van der Waals surface area contributed by atoms with Gasteiger partial charge in [-0.05, 0) is 19.1 Å². The van der Waals surface area contributed by atoms with Gasteiger partial charge in [-0.2, -0.15) is 8.78 Å². The van der Waals surface area contributed by atoms with E-state index < -0.39 is 29.1 Å². The van der Waals surface area contributed by atoms with Gasteiger partial charge in [-0.1, -0.05) is 18.2 Å². The molecule has 0 radical (unpaired) electrons. The van der Waals surface area contributed by atoms with Crippen molar-refractivity contribution in [1.29, 1.82) is 0 Å². The number of non-ortho nitro benzene ring substituents is 1. The second-order valence-corrected chi connectivity index (χ2v) is 5.42. The number of halogens is 2. The summed E-state index contributed by atoms with van der Waals surface area (Å²) in [5, 5.41) is 13.5. The lowest BCUT2D eigenvalue weighted by Gasteiger charge is -2.11. The molecule has 0 saturated heterocycles. The van der Waals surface area contributed by atoms with Gasteiger partial charge >= 0.3 is 12.6 Å². The maximum absolute atomic E-state index is 12.5. The Hall–Kier alpha value is -3.56. The predicted octanol–water partition coefficient (Wildman–Crippen LogP) is 3.30. The zero-order valence-electron chi connectivity index (χ0n) is 14.7. The summed E-state index contributed by atoms with van der Waals surface area (Å²) in [5.74, 6) is -1.65. The topological polar surface area (TPSA) is 108 Å². The third kappa shape index (κ3) is 5.47. The Kier molecular flexibility index (Phi) is 6.96. The van der Waals surface area contributed by atoms with Crippen LogP contribution >= 0.6 is 0 Å². The number of carbonyl (C=O) groups excluding carboxylic acids is 2. The van der Waals surface area contributed by atoms with Gasteiger partial charge in [0.2, 0.25) is 0 Å². The van der Waals surface area contributed by atoms with Crippen LogP contribution in [0.4, 0.5) is 14.5 Å². The summed E-state index contributed by atoms with van der Waals surface area (Å²) in [6, 6.07) is 9.03. The standard InChI is InChI=1S/C18H16F2N2O6/c1-2-27-17(24)13-7-12(8-14(9-13)22(25)26)16(23)21-10-11-5-3-4-6-15(11)28-18(19)20/h3-9,18H,2,10H2,1H3,(H,21,23). The van der Waals surface area contributed by atoms with Crippen molar-refractivity contribution in [3.8, 4) is 5.75 Å². The zero-order chi connectivity index (χ0) is 20.7. The van der Waals surface area contributed by atoms with E-state index in [0.29, 0.717) is 0 Å². The van der Waals surface area contributed by atoms with Crippen molar-refractivity contribution >= 4 is 17.6 Å². The molecule has 0 aliphatic rings. The zero-order valence-corrected chi connectivity index (χ0v) is 14.7. The average Bonchev–Trinajstić information content (AvgIpc) is 2.66. The molecule has 1 amide bonds. The maximum atomic E-state index is 12.5. The molecule has 0 bridgehead atoms. The first-order valence-corrected chi connectivity index (χ1v) is 8.09. The summed E-state index contributed by atoms with van der Waals surface area (Å²) in [4.78, 5) is 34.6. The molecular formula is C18H16F2N2O6. The molecular weight excluding hydrogens is 378 g/mol. The van der Waals surface area contributed by atoms with E-state index in [4.69, 9.17) is 4.74 Å². The number of para-hydroxylation sites is 1. The van der Waals surface area contributed by atoms with Crippen LogP contribution in [0.3, 0.4) is 0 Å². The fourth-order valence-electron chi connectivity index (χ4n) is 2.32. The highest BCUT2D eigenvalue weighted by Crippen LogP contribution is 2.21. The Balaban J connectivity index is 2.22. The molecule has 2 aromatic carbocycles. The Morgan fingerprint density at radius 2 is 1.86 bits per heavy atom. The van der Waals surface area contributed by atoms with Gasteiger partial charge < -0.3 is 14.8 Å². The minimum absolute atomic E-state index is 0.0595. The van der Waals surface area contributed by atoms with E-state index in [1.807, 2.05) is 0 Å². The number of nitro groups is 1. The molecule has 8 nitrogen and oxygen atoms in total. The lowest BCUT2D eigenvalue weighted by Crippen LogP contribution is -2.24. The highest BCUT2D eigenvalue weighted by Gasteiger charge is 2.19. The summed E-state index contributed by atoms with van der Waals surface area (Å²) < 4.78 is 34.1. The Bertz CT molecular complexity index is 888. The molecule has 0 heterocycles. The fourth-order valence-corrected chi connectivity index (χ4v) is 2.32. The van der Waals surface area contributed by atoms with Crippen LogP contribution in [0.25, 0.3) is 0 Å². The van der Waals surface area contributed by atoms with Gasteiger partial charge in [0.15, 0.2) is 0 Å². The van der Waals surface area contributed by atoms with E-state index in [2.05, 4.69) is 10.1 Å². The summed E-state index contributed by atoms with van der Waals surface area (Å²) in [6.07, 6.45) is 0. The van der Waals surface area contributed by atoms with Gasteiger partial charge in [0.05, 0.1) is 17.1 Å². The molecule has 28 heavy (non-hydrogen) atoms. The first-order chi connectivity index (χ1) is 13.3. The summed E-state index contributed by atoms with van der Waals surface area (Å²) in [5.41, 5.74) is -0.475. The van der Waals surface area contributed by atoms with Crippen LogP contribution in [-0.4, -0.2) is 30.0 Å². The number of hydrogen-bond acceptors (Lipinski definition) is 6. The SMILES string of the molecule is CCOC(=O)c1cc(C(=O)NCc2ccccc2OC(F)F)cc([N+](=O)[O-])c1. The Labute approximate surface area is 158 Å². The molecule has 1 N–H and O–H groups in total. The van der Waals surface area contributed by atoms with Crippen molar-refractivity contribution in [3.05, 3.63) is 69.3 Å². The van der Waals surface area contributed by atoms with Gasteiger partial charge in [0.1, 0.15) is 5.75 Å². The molecule has 0 atom stereocenters. The van der Waals surface area contributed by atoms with Crippen LogP contribution in [-0.2, 0) is 11.3 Å². The molecule has 148 valence electrons. The number of hydrogen-bond donors (Lipinski definition) is 1. The van der Waals surface area contributed by atoms with Crippen molar-refractivity contribution in [1.82, 2.24) is 5.32 Å². The van der Waals surface area contributed by atoms with Gasteiger partial charge in [-0.3, -0.25) is 14.9 Å². The van der Waals surface area contributed by atoms with E-state index >= 15 is 0 Å². The van der Waals surface area contributed by atoms with Crippen LogP contribution in [0.5, 0.6) is 5.75 Å². The van der Waals surface area contributed by atoms with Gasteiger partial charge in [0, 0.05) is 29.8 Å². The molecule has 0 aromatic heterocycles. The molecule has 2 aromatic rings. The summed E-state index contributed by atoms with van der Waals surface area (Å²) >= 11 is 0. The first kappa shape index (κ1) is 20.7. The number of carbonyl (C=O) groups is 2. The normalized spacial score (nSPS) is 10.4. The lowest BCUT2D eigenvalue weighted by atomic mass is 10.1. The number of benzene rings is 2. The lowest BCUT2D eigenvalue weighted by molar-refractivity contribution is -0.384. The van der Waals surface area contributed by atoms with Crippen LogP contribution in [0.1, 0.15) is 33.2 Å². The van der Waals surface area contributed by atoms with Gasteiger partial charge in [-0.25, -0.2) is 4.79 Å². The van der Waals surface area contributed by atoms with Crippen molar-refractivity contribution in [2.24, 2.45) is 0 Å². The Morgan fingerprint density at radius 1 is 1.18 bits per heavy atom. The smallest absolute Gasteiger partial charge is 0.387 e. The molecule has 2 rings (SSSR count). The Morgan fingerprint density at radius 3 is 2.50 bits per heavy atom. The number of nitro benzene ring substituents is 1. The molecule has 10 heteroatoms. The van der Waals surface area contributed by atoms with E-state index in [-0.39, 0.29) is 35.6 Å². The largest absolute Gasteiger partial charge is 0.462 e. The van der Waals surface area contributed by atoms with Gasteiger partial charge in [-0.15, -0.1) is 0 Å². The molecule has 0 saturated carbocycles. The van der Waals surface area contributed by atoms with Crippen molar-refractivity contribution in [2.45, 2.75) is 20.1 Å². The van der Waals surface area contributed by atoms with E-state index in [1.165, 1.54) is 18.2 Å². The van der Waals surface area contributed by atoms with Gasteiger partial charge in [0.25, 0.3) is 11.6 Å². The van der Waals surface area contributed by atoms with Crippen LogP contribution in [0, 0.1) is 10.1 Å². The number of ether oxygens (including phenoxy) is 2. The number of nitrogens with zero attached hydrogens (tertiary/aromatic N) is 1. The fraction of sp³-hybridized carbons (Fsp3) is 0.222. The summed E-state index contributed by atoms with van der Waals surface area (Å²) in [6.45, 7) is -1.56. The van der Waals surface area contributed by atoms with Crippen LogP contribution in [0.2, 0.25) is 0 Å². The molecule has 0 aliphatic heterocycles. The maximum Gasteiger partial charge on any atom is 0.387 e. The predicted molar refractivity (Wildman–Crippen MR) is 93.3 cm³/mol. The highest BCUT2D eigenvalue weighted by molar-refractivity contribution is 5.99. The minimum Gasteiger partial charge on any atom is -0.462 e. The average molecular weight is 394 g/mol. The molecule has 0 unspecified atom stereocenters. The quantitative estimate of drug-likeness (QED) is 0.418. The number of nitrogens with one attached hydrogen (secondary N) is 1. The molecule has 0 fully saturated rings. The van der Waals surface area contributed by atoms with Crippen LogP contribution < -0.4 is 10.1 Å². The third-order valence-corrected chi connectivity index (χ3v) is 3.53. The van der Waals surface area contributed by atoms with Crippen molar-refractivity contribution < 1.29 is 32.8 Å². The number of amides is 1. The van der Waals surface area contributed by atoms with Crippen LogP contribution in [0.15, 0.2) is 42.5 Å².